The van der Waals surface area contributed by atoms with E-state index in [4.69, 9.17) is 4.74 Å². The Morgan fingerprint density at radius 3 is 3.04 bits per heavy atom. The third kappa shape index (κ3) is 2.73. The number of ether oxygens (including phenoxy) is 1. The van der Waals surface area contributed by atoms with Crippen molar-refractivity contribution in [1.82, 2.24) is 9.88 Å². The Bertz CT molecular complexity index is 730. The summed E-state index contributed by atoms with van der Waals surface area (Å²) in [4.78, 5) is 6.14. The summed E-state index contributed by atoms with van der Waals surface area (Å²) in [7, 11) is 2.25. The van der Waals surface area contributed by atoms with Crippen LogP contribution >= 0.6 is 0 Å². The zero-order chi connectivity index (χ0) is 15.8. The monoisotopic (exact) mass is 310 g/mol. The van der Waals surface area contributed by atoms with Crippen molar-refractivity contribution in [2.24, 2.45) is 5.92 Å². The first-order valence-electron chi connectivity index (χ1n) is 8.81. The van der Waals surface area contributed by atoms with Crippen LogP contribution < -0.4 is 0 Å². The van der Waals surface area contributed by atoms with Gasteiger partial charge in [-0.3, -0.25) is 0 Å². The van der Waals surface area contributed by atoms with Crippen LogP contribution in [0.15, 0.2) is 35.9 Å². The SMILES string of the molecule is CC=C1CN(C)CCc2c([nH]c3ccccc23)C2CC1CCO2. The summed E-state index contributed by atoms with van der Waals surface area (Å²) in [6.07, 6.45) is 5.89. The molecular formula is C20H26N2O. The van der Waals surface area contributed by atoms with Crippen LogP contribution in [0.3, 0.4) is 0 Å². The van der Waals surface area contributed by atoms with E-state index in [9.17, 15) is 0 Å². The number of nitrogens with zero attached hydrogens (tertiary/aromatic N) is 1. The molecule has 122 valence electrons. The van der Waals surface area contributed by atoms with Gasteiger partial charge in [-0.1, -0.05) is 29.8 Å². The van der Waals surface area contributed by atoms with Crippen molar-refractivity contribution in [3.8, 4) is 0 Å². The van der Waals surface area contributed by atoms with E-state index in [0.717, 1.165) is 39.0 Å². The van der Waals surface area contributed by atoms with E-state index in [1.54, 1.807) is 5.57 Å². The normalized spacial score (nSPS) is 28.0. The molecule has 1 aromatic carbocycles. The lowest BCUT2D eigenvalue weighted by Gasteiger charge is -2.34. The minimum Gasteiger partial charge on any atom is -0.372 e. The van der Waals surface area contributed by atoms with Crippen LogP contribution in [-0.4, -0.2) is 36.6 Å². The Morgan fingerprint density at radius 2 is 2.17 bits per heavy atom. The topological polar surface area (TPSA) is 28.3 Å². The molecule has 2 bridgehead atoms. The van der Waals surface area contributed by atoms with Crippen LogP contribution in [0.5, 0.6) is 0 Å². The maximum Gasteiger partial charge on any atom is 0.0981 e. The Balaban J connectivity index is 1.81. The predicted molar refractivity (Wildman–Crippen MR) is 94.7 cm³/mol. The molecule has 0 spiro atoms. The van der Waals surface area contributed by atoms with Gasteiger partial charge < -0.3 is 14.6 Å². The summed E-state index contributed by atoms with van der Waals surface area (Å²) < 4.78 is 6.18. The van der Waals surface area contributed by atoms with Gasteiger partial charge in [0.25, 0.3) is 0 Å². The number of allylic oxidation sites excluding steroid dienone is 1. The quantitative estimate of drug-likeness (QED) is 0.743. The number of hydrogen-bond donors (Lipinski definition) is 1. The van der Waals surface area contributed by atoms with Crippen molar-refractivity contribution in [3.05, 3.63) is 47.2 Å². The number of para-hydroxylation sites is 1. The van der Waals surface area contributed by atoms with E-state index in [1.807, 2.05) is 0 Å². The minimum absolute atomic E-state index is 0.217. The molecule has 3 nitrogen and oxygen atoms in total. The zero-order valence-electron chi connectivity index (χ0n) is 14.1. The highest BCUT2D eigenvalue weighted by Gasteiger charge is 2.30. The van der Waals surface area contributed by atoms with Gasteiger partial charge in [-0.15, -0.1) is 0 Å². The second kappa shape index (κ2) is 6.14. The second-order valence-corrected chi connectivity index (χ2v) is 6.99. The number of aromatic amines is 1. The van der Waals surface area contributed by atoms with Crippen molar-refractivity contribution >= 4 is 10.9 Å². The molecule has 0 aliphatic carbocycles. The molecule has 1 N–H and O–H groups in total. The van der Waals surface area contributed by atoms with Gasteiger partial charge in [-0.05, 0) is 50.8 Å². The fourth-order valence-electron chi connectivity index (χ4n) is 4.25. The van der Waals surface area contributed by atoms with E-state index < -0.39 is 0 Å². The van der Waals surface area contributed by atoms with Gasteiger partial charge in [0.05, 0.1) is 6.10 Å². The Labute approximate surface area is 138 Å². The lowest BCUT2D eigenvalue weighted by Crippen LogP contribution is -2.31. The van der Waals surface area contributed by atoms with Gasteiger partial charge in [0.2, 0.25) is 0 Å². The summed E-state index contributed by atoms with van der Waals surface area (Å²) in [5.41, 5.74) is 5.61. The summed E-state index contributed by atoms with van der Waals surface area (Å²) in [6.45, 7) is 5.23. The summed E-state index contributed by atoms with van der Waals surface area (Å²) in [6, 6.07) is 8.68. The van der Waals surface area contributed by atoms with Crippen molar-refractivity contribution in [3.63, 3.8) is 0 Å². The Hall–Kier alpha value is -1.58. The molecule has 3 heterocycles. The van der Waals surface area contributed by atoms with Crippen LogP contribution in [0.1, 0.15) is 37.1 Å². The molecule has 2 aliphatic heterocycles. The molecule has 1 saturated heterocycles. The van der Waals surface area contributed by atoms with Crippen molar-refractivity contribution in [2.45, 2.75) is 32.3 Å². The maximum absolute atomic E-state index is 6.18. The first-order chi connectivity index (χ1) is 11.3. The number of fused-ring (bicyclic) bond motifs is 6. The average molecular weight is 310 g/mol. The molecular weight excluding hydrogens is 284 g/mol. The molecule has 2 aromatic rings. The highest BCUT2D eigenvalue weighted by molar-refractivity contribution is 5.84. The highest BCUT2D eigenvalue weighted by atomic mass is 16.5. The number of H-pyrrole nitrogens is 1. The van der Waals surface area contributed by atoms with Crippen molar-refractivity contribution in [2.75, 3.05) is 26.7 Å². The molecule has 0 radical (unpaired) electrons. The van der Waals surface area contributed by atoms with Crippen LogP contribution in [0.25, 0.3) is 10.9 Å². The number of aromatic nitrogens is 1. The van der Waals surface area contributed by atoms with Crippen LogP contribution in [0.2, 0.25) is 0 Å². The van der Waals surface area contributed by atoms with Crippen molar-refractivity contribution in [1.29, 1.82) is 0 Å². The standard InChI is InChI=1S/C20H26N2O/c1-3-14-13-22(2)10-8-17-16-6-4-5-7-18(16)21-20(17)19-12-15(14)9-11-23-19/h3-7,15,19,21H,8-13H2,1-2H3. The molecule has 2 aliphatic rings. The summed E-state index contributed by atoms with van der Waals surface area (Å²) >= 11 is 0. The fourth-order valence-corrected chi connectivity index (χ4v) is 4.25. The number of rotatable bonds is 0. The first kappa shape index (κ1) is 15.0. The largest absolute Gasteiger partial charge is 0.372 e. The number of hydrogen-bond acceptors (Lipinski definition) is 2. The lowest BCUT2D eigenvalue weighted by molar-refractivity contribution is -0.00708. The van der Waals surface area contributed by atoms with Gasteiger partial charge in [0, 0.05) is 36.3 Å². The summed E-state index contributed by atoms with van der Waals surface area (Å²) in [5, 5.41) is 1.37. The van der Waals surface area contributed by atoms with Gasteiger partial charge in [-0.25, -0.2) is 0 Å². The smallest absolute Gasteiger partial charge is 0.0981 e. The fraction of sp³-hybridized carbons (Fsp3) is 0.500. The predicted octanol–water partition coefficient (Wildman–Crippen LogP) is 4.07. The third-order valence-corrected chi connectivity index (χ3v) is 5.54. The van der Waals surface area contributed by atoms with E-state index in [2.05, 4.69) is 54.2 Å². The lowest BCUT2D eigenvalue weighted by atomic mass is 9.85. The molecule has 2 atom stereocenters. The molecule has 2 unspecified atom stereocenters. The van der Waals surface area contributed by atoms with Crippen LogP contribution in [0.4, 0.5) is 0 Å². The molecule has 0 saturated carbocycles. The van der Waals surface area contributed by atoms with Gasteiger partial charge in [-0.2, -0.15) is 0 Å². The molecule has 0 amide bonds. The zero-order valence-corrected chi connectivity index (χ0v) is 14.1. The molecule has 4 rings (SSSR count). The minimum atomic E-state index is 0.217. The van der Waals surface area contributed by atoms with E-state index >= 15 is 0 Å². The van der Waals surface area contributed by atoms with Gasteiger partial charge in [0.1, 0.15) is 0 Å². The number of nitrogens with one attached hydrogen (secondary N) is 1. The van der Waals surface area contributed by atoms with Gasteiger partial charge >= 0.3 is 0 Å². The van der Waals surface area contributed by atoms with E-state index in [-0.39, 0.29) is 6.10 Å². The number of likely N-dealkylation sites (N-methyl/N-ethyl adjacent to an activating group) is 1. The van der Waals surface area contributed by atoms with Crippen LogP contribution in [-0.2, 0) is 11.2 Å². The van der Waals surface area contributed by atoms with E-state index in [0.29, 0.717) is 5.92 Å². The molecule has 3 heteroatoms. The summed E-state index contributed by atoms with van der Waals surface area (Å²) in [5.74, 6) is 0.651. The Morgan fingerprint density at radius 1 is 1.30 bits per heavy atom. The molecule has 1 aromatic heterocycles. The van der Waals surface area contributed by atoms with Crippen LogP contribution in [0, 0.1) is 5.92 Å². The molecule has 23 heavy (non-hydrogen) atoms. The Kier molecular flexibility index (Phi) is 4.00. The maximum atomic E-state index is 6.18. The van der Waals surface area contributed by atoms with E-state index in [1.165, 1.54) is 22.2 Å². The number of benzene rings is 1. The molecule has 1 fully saturated rings. The second-order valence-electron chi connectivity index (χ2n) is 6.99. The highest BCUT2D eigenvalue weighted by Crippen LogP contribution is 2.39. The first-order valence-corrected chi connectivity index (χ1v) is 8.81. The van der Waals surface area contributed by atoms with Crippen molar-refractivity contribution < 1.29 is 4.74 Å². The van der Waals surface area contributed by atoms with Gasteiger partial charge in [0.15, 0.2) is 0 Å². The third-order valence-electron chi connectivity index (χ3n) is 5.54. The average Bonchev–Trinajstić information content (AvgIpc) is 2.96.